The van der Waals surface area contributed by atoms with Crippen LogP contribution in [0, 0.1) is 17.5 Å². The first-order chi connectivity index (χ1) is 26.5. The van der Waals surface area contributed by atoms with Crippen molar-refractivity contribution in [1.29, 1.82) is 0 Å². The van der Waals surface area contributed by atoms with Crippen molar-refractivity contribution in [3.8, 4) is 0 Å². The second kappa shape index (κ2) is 12.9. The van der Waals surface area contributed by atoms with Gasteiger partial charge in [-0.3, -0.25) is 43.8 Å². The van der Waals surface area contributed by atoms with E-state index < -0.39 is 70.2 Å². The van der Waals surface area contributed by atoms with Gasteiger partial charge in [-0.25, -0.2) is 23.3 Å². The summed E-state index contributed by atoms with van der Waals surface area (Å²) in [6, 6.07) is 8.03. The number of piperidine rings is 1. The zero-order valence-electron chi connectivity index (χ0n) is 29.1. The number of benzene rings is 3. The fraction of sp³-hybridized carbons (Fsp3) is 0.297. The number of aromatic nitrogens is 5. The molecule has 6 heterocycles. The number of H-pyrrole nitrogens is 1. The Hall–Kier alpha value is -6.43. The predicted octanol–water partition coefficient (Wildman–Crippen LogP) is 2.49. The van der Waals surface area contributed by atoms with Gasteiger partial charge in [0, 0.05) is 57.3 Å². The van der Waals surface area contributed by atoms with Crippen molar-refractivity contribution in [2.24, 2.45) is 7.05 Å². The Labute approximate surface area is 309 Å². The second-order valence-electron chi connectivity index (χ2n) is 14.1. The molecule has 5 aromatic rings. The number of carbonyl (C=O) groups excluding carboxylic acids is 4. The Morgan fingerprint density at radius 2 is 1.71 bits per heavy atom. The van der Waals surface area contributed by atoms with Crippen molar-refractivity contribution in [3.63, 3.8) is 0 Å². The number of aromatic amines is 1. The Balaban J connectivity index is 0.948. The molecule has 4 aliphatic rings. The van der Waals surface area contributed by atoms with E-state index in [0.717, 1.165) is 11.0 Å². The summed E-state index contributed by atoms with van der Waals surface area (Å²) in [6.45, 7) is 1.94. The maximum absolute atomic E-state index is 15.6. The minimum absolute atomic E-state index is 0.0402. The van der Waals surface area contributed by atoms with Gasteiger partial charge < -0.3 is 10.2 Å². The van der Waals surface area contributed by atoms with Gasteiger partial charge in [0.2, 0.25) is 11.8 Å². The van der Waals surface area contributed by atoms with Crippen molar-refractivity contribution < 1.29 is 32.3 Å². The van der Waals surface area contributed by atoms with Crippen LogP contribution in [0.25, 0.3) is 10.8 Å². The largest absolute Gasteiger partial charge is 0.376 e. The maximum atomic E-state index is 15.6. The number of fused-ring (bicyclic) bond motifs is 1. The van der Waals surface area contributed by atoms with Crippen LogP contribution in [0.3, 0.4) is 0 Å². The summed E-state index contributed by atoms with van der Waals surface area (Å²) in [5, 5.41) is 17.2. The van der Waals surface area contributed by atoms with Crippen LogP contribution in [0.5, 0.6) is 0 Å². The first kappa shape index (κ1) is 34.3. The van der Waals surface area contributed by atoms with Gasteiger partial charge in [0.25, 0.3) is 17.4 Å². The van der Waals surface area contributed by atoms with Gasteiger partial charge in [0.1, 0.15) is 35.6 Å². The van der Waals surface area contributed by atoms with Crippen LogP contribution in [0.15, 0.2) is 53.6 Å². The Bertz CT molecular complexity index is 2550. The lowest BCUT2D eigenvalue weighted by Crippen LogP contribution is -2.54. The lowest BCUT2D eigenvalue weighted by atomic mass is 9.83. The number of amides is 4. The SMILES string of the molecule is Cn1ncnc1[C@H]1c2n[nH]c(=O)c3cc(F)cc(c23)N[C@@H]1c1ccc(F)c(N2CCN(Cc3cc(F)c4c(c3)C(=O)N(C3CCC(=O)NC3=O)C4=O)CC2)c1. The smallest absolute Gasteiger partial charge is 0.272 e. The molecule has 2 fully saturated rings. The van der Waals surface area contributed by atoms with E-state index >= 15 is 8.78 Å². The lowest BCUT2D eigenvalue weighted by molar-refractivity contribution is -0.136. The summed E-state index contributed by atoms with van der Waals surface area (Å²) < 4.78 is 47.4. The first-order valence-corrected chi connectivity index (χ1v) is 17.6. The van der Waals surface area contributed by atoms with Crippen molar-refractivity contribution in [2.45, 2.75) is 37.4 Å². The van der Waals surface area contributed by atoms with Crippen LogP contribution in [0.2, 0.25) is 0 Å². The van der Waals surface area contributed by atoms with Gasteiger partial charge in [0.05, 0.1) is 39.9 Å². The van der Waals surface area contributed by atoms with Crippen LogP contribution in [0.4, 0.5) is 24.5 Å². The monoisotopic (exact) mass is 752 g/mol. The molecule has 15 nitrogen and oxygen atoms in total. The molecule has 1 unspecified atom stereocenters. The van der Waals surface area contributed by atoms with E-state index in [4.69, 9.17) is 0 Å². The molecule has 0 saturated carbocycles. The normalized spacial score (nSPS) is 21.3. The maximum Gasteiger partial charge on any atom is 0.272 e. The number of halogens is 3. The summed E-state index contributed by atoms with van der Waals surface area (Å²) >= 11 is 0. The molecular formula is C37H31F3N10O5. The molecule has 18 heteroatoms. The Morgan fingerprint density at radius 1 is 0.909 bits per heavy atom. The molecular weight excluding hydrogens is 721 g/mol. The first-order valence-electron chi connectivity index (χ1n) is 17.6. The topological polar surface area (TPSA) is 179 Å². The number of rotatable bonds is 6. The highest BCUT2D eigenvalue weighted by Crippen LogP contribution is 2.46. The highest BCUT2D eigenvalue weighted by molar-refractivity contribution is 6.23. The van der Waals surface area contributed by atoms with E-state index in [0.29, 0.717) is 65.6 Å². The molecule has 55 heavy (non-hydrogen) atoms. The van der Waals surface area contributed by atoms with E-state index in [1.165, 1.54) is 30.6 Å². The minimum atomic E-state index is -1.21. The van der Waals surface area contributed by atoms with Gasteiger partial charge in [-0.1, -0.05) is 6.07 Å². The highest BCUT2D eigenvalue weighted by atomic mass is 19.1. The molecule has 0 bridgehead atoms. The van der Waals surface area contributed by atoms with Crippen LogP contribution in [-0.2, 0) is 23.2 Å². The van der Waals surface area contributed by atoms with E-state index in [-0.39, 0.29) is 30.3 Å². The van der Waals surface area contributed by atoms with Gasteiger partial charge in [-0.15, -0.1) is 0 Å². The van der Waals surface area contributed by atoms with Crippen molar-refractivity contribution in [3.05, 3.63) is 110 Å². The Morgan fingerprint density at radius 3 is 2.45 bits per heavy atom. The third-order valence-corrected chi connectivity index (χ3v) is 10.8. The number of hydrogen-bond acceptors (Lipinski definition) is 11. The summed E-state index contributed by atoms with van der Waals surface area (Å²) in [6.07, 6.45) is 1.31. The number of piperazine rings is 1. The summed E-state index contributed by atoms with van der Waals surface area (Å²) in [5.74, 6) is -5.02. The lowest BCUT2D eigenvalue weighted by Gasteiger charge is -2.37. The summed E-state index contributed by atoms with van der Waals surface area (Å²) in [7, 11) is 1.72. The number of imide groups is 2. The van der Waals surface area contributed by atoms with Crippen molar-refractivity contribution in [1.82, 2.24) is 40.1 Å². The molecule has 2 saturated heterocycles. The number of anilines is 2. The summed E-state index contributed by atoms with van der Waals surface area (Å²) in [4.78, 5) is 72.3. The third kappa shape index (κ3) is 5.62. The zero-order valence-corrected chi connectivity index (χ0v) is 29.1. The van der Waals surface area contributed by atoms with Gasteiger partial charge in [-0.05, 0) is 53.9 Å². The highest BCUT2D eigenvalue weighted by Gasteiger charge is 2.46. The fourth-order valence-electron chi connectivity index (χ4n) is 8.24. The zero-order chi connectivity index (χ0) is 38.3. The molecule has 3 aromatic carbocycles. The van der Waals surface area contributed by atoms with Crippen LogP contribution >= 0.6 is 0 Å². The van der Waals surface area contributed by atoms with E-state index in [1.54, 1.807) is 23.9 Å². The van der Waals surface area contributed by atoms with E-state index in [1.807, 2.05) is 9.80 Å². The molecule has 4 amide bonds. The average Bonchev–Trinajstić information content (AvgIpc) is 3.69. The van der Waals surface area contributed by atoms with E-state index in [2.05, 4.69) is 30.9 Å². The molecule has 0 radical (unpaired) electrons. The number of hydrogen-bond donors (Lipinski definition) is 3. The number of carbonyl (C=O) groups is 4. The molecule has 9 rings (SSSR count). The minimum Gasteiger partial charge on any atom is -0.376 e. The average molecular weight is 753 g/mol. The quantitative estimate of drug-likeness (QED) is 0.217. The molecule has 3 N–H and O–H groups in total. The molecule has 280 valence electrons. The molecule has 4 aliphatic heterocycles. The third-order valence-electron chi connectivity index (χ3n) is 10.8. The summed E-state index contributed by atoms with van der Waals surface area (Å²) in [5.41, 5.74) is 1.18. The van der Waals surface area contributed by atoms with Crippen LogP contribution in [-0.4, -0.2) is 90.6 Å². The van der Waals surface area contributed by atoms with Gasteiger partial charge >= 0.3 is 0 Å². The molecule has 0 spiro atoms. The van der Waals surface area contributed by atoms with Gasteiger partial charge in [0.15, 0.2) is 0 Å². The Kier molecular flexibility index (Phi) is 8.03. The standard InChI is InChI=1S/C37H31F3N10O5/c1-47-33(41-16-42-47)30-31(43-24-14-19(38)13-20-29(24)32(30)45-46-34(20)52)18-2-3-22(39)26(12-18)49-8-6-48(7-9-49)15-17-10-21-28(23(40)11-17)37(55)50(36(21)54)25-4-5-27(51)44-35(25)53/h2-3,10-14,16,25,30-31,43H,4-9,15H2,1H3,(H,46,52)(H,44,51,53)/t25?,30-,31-/m1/s1. The number of nitrogens with zero attached hydrogens (tertiary/aromatic N) is 7. The van der Waals surface area contributed by atoms with E-state index in [9.17, 15) is 28.4 Å². The van der Waals surface area contributed by atoms with Crippen molar-refractivity contribution in [2.75, 3.05) is 36.4 Å². The second-order valence-corrected chi connectivity index (χ2v) is 14.1. The van der Waals surface area contributed by atoms with Crippen LogP contribution < -0.4 is 21.1 Å². The van der Waals surface area contributed by atoms with Crippen LogP contribution in [0.1, 0.15) is 68.2 Å². The number of aryl methyl sites for hydroxylation is 1. The van der Waals surface area contributed by atoms with Crippen molar-refractivity contribution >= 4 is 45.8 Å². The molecule has 3 atom stereocenters. The van der Waals surface area contributed by atoms with Gasteiger partial charge in [-0.2, -0.15) is 10.2 Å². The molecule has 2 aromatic heterocycles. The predicted molar refractivity (Wildman–Crippen MR) is 188 cm³/mol. The fourth-order valence-corrected chi connectivity index (χ4v) is 8.24. The molecule has 0 aliphatic carbocycles. The number of nitrogens with one attached hydrogen (secondary N) is 3.